The van der Waals surface area contributed by atoms with Crippen molar-refractivity contribution in [2.24, 2.45) is 0 Å². The van der Waals surface area contributed by atoms with Crippen LogP contribution in [0.5, 0.6) is 0 Å². The van der Waals surface area contributed by atoms with Gasteiger partial charge in [0.05, 0.1) is 12.2 Å². The molecule has 0 radical (unpaired) electrons. The van der Waals surface area contributed by atoms with Gasteiger partial charge in [0.1, 0.15) is 5.76 Å². The molecule has 108 valence electrons. The van der Waals surface area contributed by atoms with E-state index in [4.69, 9.17) is 14.6 Å². The lowest BCUT2D eigenvalue weighted by atomic mass is 10.2. The molecule has 0 fully saturated rings. The zero-order valence-corrected chi connectivity index (χ0v) is 11.4. The summed E-state index contributed by atoms with van der Waals surface area (Å²) in [5.41, 5.74) is 0.196. The van der Waals surface area contributed by atoms with Crippen LogP contribution < -0.4 is 0 Å². The Morgan fingerprint density at radius 3 is 2.26 bits per heavy atom. The van der Waals surface area contributed by atoms with Gasteiger partial charge in [-0.15, -0.1) is 0 Å². The number of esters is 2. The Labute approximate surface area is 112 Å². The summed E-state index contributed by atoms with van der Waals surface area (Å²) in [4.78, 5) is 23.0. The first-order valence-corrected chi connectivity index (χ1v) is 5.90. The second kappa shape index (κ2) is 8.44. The maximum Gasteiger partial charge on any atom is 0.339 e. The lowest BCUT2D eigenvalue weighted by molar-refractivity contribution is -0.163. The molecule has 0 bridgehead atoms. The van der Waals surface area contributed by atoms with Crippen molar-refractivity contribution in [3.05, 3.63) is 23.5 Å². The van der Waals surface area contributed by atoms with Crippen LogP contribution in [0.25, 0.3) is 0 Å². The summed E-state index contributed by atoms with van der Waals surface area (Å²) < 4.78 is 9.64. The summed E-state index contributed by atoms with van der Waals surface area (Å²) in [5.74, 6) is -1.48. The van der Waals surface area contributed by atoms with Crippen LogP contribution in [-0.4, -0.2) is 35.0 Å². The van der Waals surface area contributed by atoms with Crippen molar-refractivity contribution in [2.45, 2.75) is 39.9 Å². The molecule has 0 heterocycles. The number of carbonyl (C=O) groups is 2. The number of aliphatic hydroxyl groups is 2. The van der Waals surface area contributed by atoms with E-state index >= 15 is 0 Å². The fourth-order valence-electron chi connectivity index (χ4n) is 1.02. The van der Waals surface area contributed by atoms with Crippen LogP contribution >= 0.6 is 0 Å². The van der Waals surface area contributed by atoms with E-state index in [-0.39, 0.29) is 36.4 Å². The molecule has 0 amide bonds. The second-order valence-corrected chi connectivity index (χ2v) is 3.96. The van der Waals surface area contributed by atoms with Crippen molar-refractivity contribution < 1.29 is 29.3 Å². The van der Waals surface area contributed by atoms with Crippen LogP contribution in [0, 0.1) is 0 Å². The molecule has 0 aromatic heterocycles. The van der Waals surface area contributed by atoms with Crippen LogP contribution in [-0.2, 0) is 19.1 Å². The maximum atomic E-state index is 11.6. The standard InChI is InChI=1S/C13H20O6/c1-5-11(15)19-13(17)9(4)10(6-7-14)18-12(16)8(2)3/h11,14-15H,2,5-7H2,1,3-4H3/b10-9-. The molecule has 0 saturated carbocycles. The average Bonchev–Trinajstić information content (AvgIpc) is 2.36. The SMILES string of the molecule is C=C(C)C(=O)O/C(CCO)=C(/C)C(=O)OC(O)CC. The summed E-state index contributed by atoms with van der Waals surface area (Å²) in [6, 6.07) is 0. The van der Waals surface area contributed by atoms with Crippen LogP contribution in [0.3, 0.4) is 0 Å². The first-order valence-electron chi connectivity index (χ1n) is 5.90. The van der Waals surface area contributed by atoms with Crippen LogP contribution in [0.4, 0.5) is 0 Å². The van der Waals surface area contributed by atoms with Crippen molar-refractivity contribution in [2.75, 3.05) is 6.61 Å². The highest BCUT2D eigenvalue weighted by Gasteiger charge is 2.18. The molecule has 0 rings (SSSR count). The van der Waals surface area contributed by atoms with Crippen molar-refractivity contribution in [3.63, 3.8) is 0 Å². The molecule has 19 heavy (non-hydrogen) atoms. The molecular weight excluding hydrogens is 252 g/mol. The molecule has 0 aromatic rings. The number of hydrogen-bond acceptors (Lipinski definition) is 6. The predicted octanol–water partition coefficient (Wildman–Crippen LogP) is 1.03. The van der Waals surface area contributed by atoms with Gasteiger partial charge in [-0.2, -0.15) is 0 Å². The minimum atomic E-state index is -1.21. The van der Waals surface area contributed by atoms with Gasteiger partial charge in [0.25, 0.3) is 0 Å². The minimum absolute atomic E-state index is 0.00352. The van der Waals surface area contributed by atoms with E-state index in [0.29, 0.717) is 0 Å². The van der Waals surface area contributed by atoms with E-state index < -0.39 is 18.2 Å². The van der Waals surface area contributed by atoms with Crippen LogP contribution in [0.15, 0.2) is 23.5 Å². The van der Waals surface area contributed by atoms with Gasteiger partial charge in [0, 0.05) is 18.4 Å². The number of aliphatic hydroxyl groups excluding tert-OH is 2. The first-order chi connectivity index (χ1) is 8.83. The van der Waals surface area contributed by atoms with Crippen LogP contribution in [0.1, 0.15) is 33.6 Å². The monoisotopic (exact) mass is 272 g/mol. The second-order valence-electron chi connectivity index (χ2n) is 3.96. The fraction of sp³-hybridized carbons (Fsp3) is 0.538. The molecule has 0 spiro atoms. The smallest absolute Gasteiger partial charge is 0.339 e. The zero-order valence-electron chi connectivity index (χ0n) is 11.4. The molecule has 0 aromatic carbocycles. The molecule has 0 aliphatic heterocycles. The van der Waals surface area contributed by atoms with Gasteiger partial charge in [-0.3, -0.25) is 0 Å². The molecule has 1 atom stereocenters. The Balaban J connectivity index is 4.98. The highest BCUT2D eigenvalue weighted by atomic mass is 16.6. The molecule has 6 heteroatoms. The van der Waals surface area contributed by atoms with Crippen molar-refractivity contribution in [1.82, 2.24) is 0 Å². The highest BCUT2D eigenvalue weighted by molar-refractivity contribution is 5.91. The lowest BCUT2D eigenvalue weighted by Crippen LogP contribution is -2.19. The first kappa shape index (κ1) is 17.3. The van der Waals surface area contributed by atoms with Crippen LogP contribution in [0.2, 0.25) is 0 Å². The fourth-order valence-corrected chi connectivity index (χ4v) is 1.02. The van der Waals surface area contributed by atoms with Gasteiger partial charge in [-0.05, 0) is 13.8 Å². The number of hydrogen-bond donors (Lipinski definition) is 2. The highest BCUT2D eigenvalue weighted by Crippen LogP contribution is 2.14. The van der Waals surface area contributed by atoms with E-state index in [1.807, 2.05) is 0 Å². The van der Waals surface area contributed by atoms with Gasteiger partial charge in [-0.25, -0.2) is 9.59 Å². The molecule has 0 aliphatic rings. The van der Waals surface area contributed by atoms with Crippen molar-refractivity contribution in [3.8, 4) is 0 Å². The molecule has 0 aliphatic carbocycles. The van der Waals surface area contributed by atoms with Crippen molar-refractivity contribution >= 4 is 11.9 Å². The Morgan fingerprint density at radius 2 is 1.84 bits per heavy atom. The third-order valence-corrected chi connectivity index (χ3v) is 2.22. The normalized spacial score (nSPS) is 13.3. The molecule has 2 N–H and O–H groups in total. The Bertz CT molecular complexity index is 383. The molecule has 1 unspecified atom stereocenters. The lowest BCUT2D eigenvalue weighted by Gasteiger charge is -2.13. The van der Waals surface area contributed by atoms with Gasteiger partial charge in [-0.1, -0.05) is 13.5 Å². The number of ether oxygens (including phenoxy) is 2. The van der Waals surface area contributed by atoms with E-state index in [1.165, 1.54) is 13.8 Å². The quantitative estimate of drug-likeness (QED) is 0.311. The third kappa shape index (κ3) is 6.17. The minimum Gasteiger partial charge on any atom is -0.433 e. The largest absolute Gasteiger partial charge is 0.433 e. The Hall–Kier alpha value is -1.66. The van der Waals surface area contributed by atoms with Gasteiger partial charge < -0.3 is 19.7 Å². The third-order valence-electron chi connectivity index (χ3n) is 2.22. The average molecular weight is 272 g/mol. The van der Waals surface area contributed by atoms with Gasteiger partial charge >= 0.3 is 11.9 Å². The topological polar surface area (TPSA) is 93.1 Å². The summed E-state index contributed by atoms with van der Waals surface area (Å²) in [6.07, 6.45) is -0.975. The molecule has 6 nitrogen and oxygen atoms in total. The van der Waals surface area contributed by atoms with E-state index in [0.717, 1.165) is 0 Å². The summed E-state index contributed by atoms with van der Waals surface area (Å²) in [6.45, 7) is 7.63. The van der Waals surface area contributed by atoms with E-state index in [1.54, 1.807) is 6.92 Å². The van der Waals surface area contributed by atoms with E-state index in [2.05, 4.69) is 6.58 Å². The zero-order chi connectivity index (χ0) is 15.0. The predicted molar refractivity (Wildman–Crippen MR) is 67.7 cm³/mol. The van der Waals surface area contributed by atoms with Gasteiger partial charge in [0.15, 0.2) is 0 Å². The van der Waals surface area contributed by atoms with Crippen molar-refractivity contribution in [1.29, 1.82) is 0 Å². The molecule has 0 saturated heterocycles. The molecular formula is C13H20O6. The van der Waals surface area contributed by atoms with E-state index in [9.17, 15) is 14.7 Å². The Morgan fingerprint density at radius 1 is 1.26 bits per heavy atom. The Kier molecular flexibility index (Phi) is 7.71. The maximum absolute atomic E-state index is 11.6. The summed E-state index contributed by atoms with van der Waals surface area (Å²) in [5, 5.41) is 18.1. The summed E-state index contributed by atoms with van der Waals surface area (Å²) >= 11 is 0. The number of rotatable bonds is 7. The van der Waals surface area contributed by atoms with Gasteiger partial charge in [0.2, 0.25) is 6.29 Å². The number of carbonyl (C=O) groups excluding carboxylic acids is 2. The summed E-state index contributed by atoms with van der Waals surface area (Å²) in [7, 11) is 0.